The van der Waals surface area contributed by atoms with Crippen molar-refractivity contribution in [1.82, 2.24) is 9.97 Å². The summed E-state index contributed by atoms with van der Waals surface area (Å²) < 4.78 is 5.14. The summed E-state index contributed by atoms with van der Waals surface area (Å²) in [7, 11) is 0. The monoisotopic (exact) mass is 212 g/mol. The van der Waals surface area contributed by atoms with Gasteiger partial charge in [-0.25, -0.2) is 9.97 Å². The Morgan fingerprint density at radius 3 is 2.71 bits per heavy atom. The normalized spacial score (nSPS) is 26.7. The van der Waals surface area contributed by atoms with Crippen molar-refractivity contribution < 1.29 is 9.84 Å². The second kappa shape index (κ2) is 4.25. The molecule has 1 saturated heterocycles. The fraction of sp³-hybridized carbons (Fsp3) is 0.556. The van der Waals surface area contributed by atoms with E-state index in [9.17, 15) is 5.11 Å². The van der Waals surface area contributed by atoms with Gasteiger partial charge < -0.3 is 9.84 Å². The molecule has 1 aromatic rings. The van der Waals surface area contributed by atoms with Crippen molar-refractivity contribution in [3.63, 3.8) is 0 Å². The molecule has 2 atom stereocenters. The van der Waals surface area contributed by atoms with Gasteiger partial charge in [0.1, 0.15) is 0 Å². The average Bonchev–Trinajstić information content (AvgIpc) is 2.56. The first kappa shape index (κ1) is 9.89. The van der Waals surface area contributed by atoms with E-state index in [1.807, 2.05) is 6.92 Å². The molecule has 4 nitrogen and oxygen atoms in total. The Hall–Kier alpha value is -0.650. The first-order chi connectivity index (χ1) is 6.75. The maximum atomic E-state index is 9.50. The molecule has 0 radical (unpaired) electrons. The third kappa shape index (κ3) is 2.23. The lowest BCUT2D eigenvalue weighted by molar-refractivity contribution is 0.127. The fourth-order valence-corrected chi connectivity index (χ4v) is 2.11. The molecule has 1 aliphatic rings. The lowest BCUT2D eigenvalue weighted by Gasteiger charge is -2.09. The Morgan fingerprint density at radius 2 is 2.14 bits per heavy atom. The van der Waals surface area contributed by atoms with Crippen molar-refractivity contribution in [2.24, 2.45) is 0 Å². The van der Waals surface area contributed by atoms with Crippen molar-refractivity contribution in [2.75, 3.05) is 13.2 Å². The predicted molar refractivity (Wildman–Crippen MR) is 53.2 cm³/mol. The summed E-state index contributed by atoms with van der Waals surface area (Å²) >= 11 is 1.47. The van der Waals surface area contributed by atoms with Crippen LogP contribution in [0.2, 0.25) is 0 Å². The van der Waals surface area contributed by atoms with Gasteiger partial charge in [0.2, 0.25) is 0 Å². The Morgan fingerprint density at radius 1 is 1.43 bits per heavy atom. The average molecular weight is 212 g/mol. The van der Waals surface area contributed by atoms with Gasteiger partial charge in [0, 0.05) is 12.4 Å². The Bertz CT molecular complexity index is 304. The summed E-state index contributed by atoms with van der Waals surface area (Å²) in [6.45, 7) is 2.94. The van der Waals surface area contributed by atoms with Crippen LogP contribution in [-0.4, -0.2) is 39.6 Å². The molecular weight excluding hydrogens is 200 g/mol. The third-order valence-electron chi connectivity index (χ3n) is 2.01. The minimum atomic E-state index is -0.398. The van der Waals surface area contributed by atoms with Crippen molar-refractivity contribution in [2.45, 2.75) is 23.4 Å². The molecule has 0 spiro atoms. The van der Waals surface area contributed by atoms with Gasteiger partial charge in [0.25, 0.3) is 0 Å². The number of aromatic nitrogens is 2. The van der Waals surface area contributed by atoms with Gasteiger partial charge in [0.05, 0.1) is 24.6 Å². The lowest BCUT2D eigenvalue weighted by atomic mass is 10.3. The van der Waals surface area contributed by atoms with Gasteiger partial charge in [-0.3, -0.25) is 0 Å². The van der Waals surface area contributed by atoms with Gasteiger partial charge in [-0.05, 0) is 12.5 Å². The highest BCUT2D eigenvalue weighted by Crippen LogP contribution is 2.25. The Labute approximate surface area is 86.7 Å². The maximum absolute atomic E-state index is 9.50. The zero-order valence-electron chi connectivity index (χ0n) is 7.88. The van der Waals surface area contributed by atoms with Crippen LogP contribution in [0.3, 0.4) is 0 Å². The summed E-state index contributed by atoms with van der Waals surface area (Å²) in [4.78, 5) is 8.32. The number of hydrogen-bond acceptors (Lipinski definition) is 5. The Balaban J connectivity index is 2.00. The molecule has 2 unspecified atom stereocenters. The smallest absolute Gasteiger partial charge is 0.187 e. The maximum Gasteiger partial charge on any atom is 0.187 e. The van der Waals surface area contributed by atoms with E-state index in [1.54, 1.807) is 12.4 Å². The standard InChI is InChI=1S/C9H12N2O2S/c1-6-2-10-9(11-3-6)14-8-5-13-4-7(8)12/h2-3,7-8,12H,4-5H2,1H3. The molecule has 0 saturated carbocycles. The van der Waals surface area contributed by atoms with E-state index in [-0.39, 0.29) is 5.25 Å². The minimum Gasteiger partial charge on any atom is -0.389 e. The second-order valence-corrected chi connectivity index (χ2v) is 4.51. The second-order valence-electron chi connectivity index (χ2n) is 3.30. The molecule has 2 rings (SSSR count). The number of aliphatic hydroxyl groups is 1. The number of thioether (sulfide) groups is 1. The number of rotatable bonds is 2. The largest absolute Gasteiger partial charge is 0.389 e. The molecule has 2 heterocycles. The number of hydrogen-bond donors (Lipinski definition) is 1. The van der Waals surface area contributed by atoms with Crippen LogP contribution in [0.4, 0.5) is 0 Å². The summed E-state index contributed by atoms with van der Waals surface area (Å²) in [5, 5.41) is 10.3. The minimum absolute atomic E-state index is 0.0673. The van der Waals surface area contributed by atoms with Crippen molar-refractivity contribution in [3.05, 3.63) is 18.0 Å². The first-order valence-corrected chi connectivity index (χ1v) is 5.35. The quantitative estimate of drug-likeness (QED) is 0.729. The SMILES string of the molecule is Cc1cnc(SC2COCC2O)nc1. The predicted octanol–water partition coefficient (Wildman–Crippen LogP) is 0.637. The molecular formula is C9H12N2O2S. The summed E-state index contributed by atoms with van der Waals surface area (Å²) in [6.07, 6.45) is 3.15. The van der Waals surface area contributed by atoms with Crippen LogP contribution in [-0.2, 0) is 4.74 Å². The molecule has 14 heavy (non-hydrogen) atoms. The molecule has 0 bridgehead atoms. The highest BCUT2D eigenvalue weighted by Gasteiger charge is 2.27. The molecule has 0 amide bonds. The van der Waals surface area contributed by atoms with E-state index in [2.05, 4.69) is 9.97 Å². The molecule has 5 heteroatoms. The number of ether oxygens (including phenoxy) is 1. The third-order valence-corrected chi connectivity index (χ3v) is 3.19. The van der Waals surface area contributed by atoms with Crippen molar-refractivity contribution in [1.29, 1.82) is 0 Å². The molecule has 0 aliphatic carbocycles. The van der Waals surface area contributed by atoms with Gasteiger partial charge in [0.15, 0.2) is 5.16 Å². The molecule has 1 fully saturated rings. The van der Waals surface area contributed by atoms with E-state index in [0.717, 1.165) is 5.56 Å². The molecule has 1 aliphatic heterocycles. The van der Waals surface area contributed by atoms with Crippen molar-refractivity contribution in [3.8, 4) is 0 Å². The van der Waals surface area contributed by atoms with Gasteiger partial charge >= 0.3 is 0 Å². The number of aliphatic hydroxyl groups excluding tert-OH is 1. The van der Waals surface area contributed by atoms with Crippen LogP contribution in [0.5, 0.6) is 0 Å². The highest BCUT2D eigenvalue weighted by atomic mass is 32.2. The Kier molecular flexibility index (Phi) is 3.00. The first-order valence-electron chi connectivity index (χ1n) is 4.47. The van der Waals surface area contributed by atoms with Crippen LogP contribution in [0, 0.1) is 6.92 Å². The van der Waals surface area contributed by atoms with Gasteiger partial charge in [-0.1, -0.05) is 11.8 Å². The molecule has 1 aromatic heterocycles. The zero-order valence-corrected chi connectivity index (χ0v) is 8.70. The summed E-state index contributed by atoms with van der Waals surface area (Å²) in [5.74, 6) is 0. The highest BCUT2D eigenvalue weighted by molar-refractivity contribution is 7.99. The topological polar surface area (TPSA) is 55.2 Å². The molecule has 1 N–H and O–H groups in total. The summed E-state index contributed by atoms with van der Waals surface area (Å²) in [5.41, 5.74) is 1.04. The molecule has 76 valence electrons. The van der Waals surface area contributed by atoms with E-state index in [4.69, 9.17) is 4.74 Å². The van der Waals surface area contributed by atoms with Crippen LogP contribution in [0.1, 0.15) is 5.56 Å². The van der Waals surface area contributed by atoms with Gasteiger partial charge in [-0.15, -0.1) is 0 Å². The van der Waals surface area contributed by atoms with E-state index in [0.29, 0.717) is 18.4 Å². The van der Waals surface area contributed by atoms with Crippen LogP contribution in [0.25, 0.3) is 0 Å². The van der Waals surface area contributed by atoms with Gasteiger partial charge in [-0.2, -0.15) is 0 Å². The van der Waals surface area contributed by atoms with E-state index >= 15 is 0 Å². The van der Waals surface area contributed by atoms with Crippen LogP contribution in [0.15, 0.2) is 17.6 Å². The van der Waals surface area contributed by atoms with E-state index < -0.39 is 6.10 Å². The summed E-state index contributed by atoms with van der Waals surface area (Å²) in [6, 6.07) is 0. The number of nitrogens with zero attached hydrogens (tertiary/aromatic N) is 2. The van der Waals surface area contributed by atoms with Crippen LogP contribution < -0.4 is 0 Å². The number of aryl methyl sites for hydroxylation is 1. The zero-order chi connectivity index (χ0) is 9.97. The van der Waals surface area contributed by atoms with E-state index in [1.165, 1.54) is 11.8 Å². The van der Waals surface area contributed by atoms with Crippen molar-refractivity contribution >= 4 is 11.8 Å². The molecule has 0 aromatic carbocycles. The van der Waals surface area contributed by atoms with Crippen LogP contribution >= 0.6 is 11.8 Å². The lowest BCUT2D eigenvalue weighted by Crippen LogP contribution is -2.20. The fourth-order valence-electron chi connectivity index (χ4n) is 1.21.